The molecule has 0 bridgehead atoms. The highest BCUT2D eigenvalue weighted by molar-refractivity contribution is 5.94. The first kappa shape index (κ1) is 11.7. The zero-order chi connectivity index (χ0) is 13.1. The molecular weight excluding hydrogens is 238 g/mol. The Labute approximate surface area is 112 Å². The molecule has 4 nitrogen and oxygen atoms in total. The van der Waals surface area contributed by atoms with Crippen molar-refractivity contribution in [3.05, 3.63) is 59.9 Å². The molecule has 0 aliphatic carbocycles. The van der Waals surface area contributed by atoms with Gasteiger partial charge in [-0.25, -0.2) is 4.79 Å². The summed E-state index contributed by atoms with van der Waals surface area (Å²) in [7, 11) is 0. The van der Waals surface area contributed by atoms with E-state index in [0.29, 0.717) is 6.54 Å². The number of rotatable bonds is 2. The first-order chi connectivity index (χ1) is 9.34. The summed E-state index contributed by atoms with van der Waals surface area (Å²) in [5, 5.41) is 2.91. The number of carbonyl (C=O) groups excluding carboxylic acids is 1. The summed E-state index contributed by atoms with van der Waals surface area (Å²) in [6.07, 6.45) is 2.65. The molecule has 0 spiro atoms. The van der Waals surface area contributed by atoms with Crippen molar-refractivity contribution in [3.63, 3.8) is 0 Å². The fourth-order valence-electron chi connectivity index (χ4n) is 2.31. The Morgan fingerprint density at radius 1 is 1.21 bits per heavy atom. The van der Waals surface area contributed by atoms with Crippen LogP contribution in [0.3, 0.4) is 0 Å². The molecule has 1 N–H and O–H groups in total. The molecule has 1 aromatic heterocycles. The van der Waals surface area contributed by atoms with Crippen LogP contribution in [0.1, 0.15) is 11.3 Å². The molecule has 0 fully saturated rings. The lowest BCUT2D eigenvalue weighted by atomic mass is 10.2. The van der Waals surface area contributed by atoms with E-state index in [1.54, 1.807) is 11.1 Å². The molecule has 2 heterocycles. The maximum Gasteiger partial charge on any atom is 0.322 e. The molecule has 2 amide bonds. The van der Waals surface area contributed by atoms with Crippen LogP contribution in [0.5, 0.6) is 0 Å². The van der Waals surface area contributed by atoms with Crippen molar-refractivity contribution < 1.29 is 4.79 Å². The van der Waals surface area contributed by atoms with Crippen molar-refractivity contribution in [1.29, 1.82) is 0 Å². The predicted octanol–water partition coefficient (Wildman–Crippen LogP) is 2.35. The average molecular weight is 253 g/mol. The monoisotopic (exact) mass is 253 g/mol. The van der Waals surface area contributed by atoms with Gasteiger partial charge in [0.15, 0.2) is 0 Å². The molecular formula is C15H15N3O. The smallest absolute Gasteiger partial charge is 0.322 e. The minimum absolute atomic E-state index is 0.0596. The molecule has 2 aromatic rings. The highest BCUT2D eigenvalue weighted by Crippen LogP contribution is 2.27. The normalized spacial score (nSPS) is 13.2. The Balaban J connectivity index is 1.66. The number of urea groups is 1. The van der Waals surface area contributed by atoms with Crippen LogP contribution in [-0.4, -0.2) is 17.6 Å². The number of hydrogen-bond donors (Lipinski definition) is 1. The maximum atomic E-state index is 12.2. The van der Waals surface area contributed by atoms with Crippen LogP contribution < -0.4 is 10.2 Å². The van der Waals surface area contributed by atoms with Gasteiger partial charge in [-0.2, -0.15) is 0 Å². The van der Waals surface area contributed by atoms with E-state index in [4.69, 9.17) is 0 Å². The van der Waals surface area contributed by atoms with E-state index in [1.165, 1.54) is 5.56 Å². The van der Waals surface area contributed by atoms with Crippen LogP contribution in [0.25, 0.3) is 0 Å². The molecule has 96 valence electrons. The third kappa shape index (κ3) is 2.42. The van der Waals surface area contributed by atoms with Gasteiger partial charge in [-0.05, 0) is 30.2 Å². The second-order valence-electron chi connectivity index (χ2n) is 4.51. The highest BCUT2D eigenvalue weighted by Gasteiger charge is 2.23. The average Bonchev–Trinajstić information content (AvgIpc) is 2.90. The van der Waals surface area contributed by atoms with E-state index in [1.807, 2.05) is 36.4 Å². The number of nitrogens with one attached hydrogen (secondary N) is 1. The van der Waals surface area contributed by atoms with Crippen molar-refractivity contribution in [2.24, 2.45) is 0 Å². The number of hydrogen-bond acceptors (Lipinski definition) is 2. The molecule has 0 saturated heterocycles. The SMILES string of the molecule is O=C(NCc1ccccn1)N1CCc2ccccc21. The minimum Gasteiger partial charge on any atom is -0.332 e. The number of anilines is 1. The van der Waals surface area contributed by atoms with E-state index in [0.717, 1.165) is 24.3 Å². The molecule has 19 heavy (non-hydrogen) atoms. The van der Waals surface area contributed by atoms with Gasteiger partial charge in [0.2, 0.25) is 0 Å². The summed E-state index contributed by atoms with van der Waals surface area (Å²) in [6.45, 7) is 1.20. The Bertz CT molecular complexity index is 583. The molecule has 1 aromatic carbocycles. The van der Waals surface area contributed by atoms with Gasteiger partial charge in [0, 0.05) is 18.4 Å². The van der Waals surface area contributed by atoms with Gasteiger partial charge in [0.05, 0.1) is 12.2 Å². The summed E-state index contributed by atoms with van der Waals surface area (Å²) in [5.41, 5.74) is 3.11. The maximum absolute atomic E-state index is 12.2. The highest BCUT2D eigenvalue weighted by atomic mass is 16.2. The lowest BCUT2D eigenvalue weighted by molar-refractivity contribution is 0.246. The second kappa shape index (κ2) is 5.10. The van der Waals surface area contributed by atoms with Crippen molar-refractivity contribution in [2.45, 2.75) is 13.0 Å². The van der Waals surface area contributed by atoms with Crippen LogP contribution in [-0.2, 0) is 13.0 Å². The Hall–Kier alpha value is -2.36. The Kier molecular flexibility index (Phi) is 3.14. The van der Waals surface area contributed by atoms with Gasteiger partial charge in [-0.15, -0.1) is 0 Å². The number of amides is 2. The molecule has 0 atom stereocenters. The van der Waals surface area contributed by atoms with Gasteiger partial charge in [-0.1, -0.05) is 24.3 Å². The second-order valence-corrected chi connectivity index (χ2v) is 4.51. The standard InChI is InChI=1S/C15H15N3O/c19-15(17-11-13-6-3-4-9-16-13)18-10-8-12-5-1-2-7-14(12)18/h1-7,9H,8,10-11H2,(H,17,19). The van der Waals surface area contributed by atoms with Gasteiger partial charge in [-0.3, -0.25) is 9.88 Å². The van der Waals surface area contributed by atoms with Crippen LogP contribution in [0.15, 0.2) is 48.7 Å². The summed E-state index contributed by atoms with van der Waals surface area (Å²) >= 11 is 0. The lowest BCUT2D eigenvalue weighted by Crippen LogP contribution is -2.38. The topological polar surface area (TPSA) is 45.2 Å². The number of pyridine rings is 1. The number of nitrogens with zero attached hydrogens (tertiary/aromatic N) is 2. The molecule has 1 aliphatic heterocycles. The van der Waals surface area contributed by atoms with E-state index >= 15 is 0 Å². The van der Waals surface area contributed by atoms with Crippen molar-refractivity contribution in [2.75, 3.05) is 11.4 Å². The number of aromatic nitrogens is 1. The van der Waals surface area contributed by atoms with Gasteiger partial charge in [0.1, 0.15) is 0 Å². The lowest BCUT2D eigenvalue weighted by Gasteiger charge is -2.17. The summed E-state index contributed by atoms with van der Waals surface area (Å²) in [4.78, 5) is 18.1. The summed E-state index contributed by atoms with van der Waals surface area (Å²) in [6, 6.07) is 13.6. The third-order valence-electron chi connectivity index (χ3n) is 3.28. The van der Waals surface area contributed by atoms with Crippen molar-refractivity contribution >= 4 is 11.7 Å². The zero-order valence-corrected chi connectivity index (χ0v) is 10.5. The Morgan fingerprint density at radius 2 is 2.05 bits per heavy atom. The third-order valence-corrected chi connectivity index (χ3v) is 3.28. The predicted molar refractivity (Wildman–Crippen MR) is 74.0 cm³/mol. The quantitative estimate of drug-likeness (QED) is 0.893. The van der Waals surface area contributed by atoms with Crippen molar-refractivity contribution in [3.8, 4) is 0 Å². The molecule has 1 aliphatic rings. The van der Waals surface area contributed by atoms with Crippen LogP contribution in [0.2, 0.25) is 0 Å². The number of para-hydroxylation sites is 1. The van der Waals surface area contributed by atoms with E-state index in [9.17, 15) is 4.79 Å². The van der Waals surface area contributed by atoms with Crippen molar-refractivity contribution in [1.82, 2.24) is 10.3 Å². The minimum atomic E-state index is -0.0596. The summed E-state index contributed by atoms with van der Waals surface area (Å²) < 4.78 is 0. The largest absolute Gasteiger partial charge is 0.332 e. The van der Waals surface area contributed by atoms with E-state index in [-0.39, 0.29) is 6.03 Å². The Morgan fingerprint density at radius 3 is 2.89 bits per heavy atom. The number of carbonyl (C=O) groups is 1. The number of benzene rings is 1. The van der Waals surface area contributed by atoms with E-state index < -0.39 is 0 Å². The van der Waals surface area contributed by atoms with Crippen LogP contribution >= 0.6 is 0 Å². The van der Waals surface area contributed by atoms with Crippen LogP contribution in [0.4, 0.5) is 10.5 Å². The number of fused-ring (bicyclic) bond motifs is 1. The molecule has 0 radical (unpaired) electrons. The molecule has 4 heteroatoms. The summed E-state index contributed by atoms with van der Waals surface area (Å²) in [5.74, 6) is 0. The van der Waals surface area contributed by atoms with Gasteiger partial charge >= 0.3 is 6.03 Å². The molecule has 0 unspecified atom stereocenters. The zero-order valence-electron chi connectivity index (χ0n) is 10.5. The van der Waals surface area contributed by atoms with Gasteiger partial charge in [0.25, 0.3) is 0 Å². The first-order valence-corrected chi connectivity index (χ1v) is 6.38. The molecule has 3 rings (SSSR count). The molecule has 0 saturated carbocycles. The van der Waals surface area contributed by atoms with E-state index in [2.05, 4.69) is 16.4 Å². The fourth-order valence-corrected chi connectivity index (χ4v) is 2.31. The van der Waals surface area contributed by atoms with Gasteiger partial charge < -0.3 is 5.32 Å². The van der Waals surface area contributed by atoms with Crippen LogP contribution in [0, 0.1) is 0 Å². The fraction of sp³-hybridized carbons (Fsp3) is 0.200. The first-order valence-electron chi connectivity index (χ1n) is 6.38.